The Labute approximate surface area is 160 Å². The maximum absolute atomic E-state index is 12.3. The zero-order chi connectivity index (χ0) is 18.9. The zero-order valence-electron chi connectivity index (χ0n) is 15.6. The standard InChI is InChI=1S/C19H27N7O/c20-15-17(19(27)23-7-10-24-8-5-21-6-9-24)16-25-11-13-26(14-12-25)18-3-1-2-4-22-18/h1-4,16,21H,5-14H2,(H,23,27)/b17-16-. The monoisotopic (exact) mass is 369 g/mol. The Morgan fingerprint density at radius 3 is 2.67 bits per heavy atom. The number of pyridine rings is 1. The number of rotatable bonds is 6. The van der Waals surface area contributed by atoms with Crippen LogP contribution >= 0.6 is 0 Å². The summed E-state index contributed by atoms with van der Waals surface area (Å²) in [6.45, 7) is 8.50. The van der Waals surface area contributed by atoms with Gasteiger partial charge in [-0.15, -0.1) is 0 Å². The molecule has 0 radical (unpaired) electrons. The molecule has 8 nitrogen and oxygen atoms in total. The van der Waals surface area contributed by atoms with E-state index >= 15 is 0 Å². The fourth-order valence-corrected chi connectivity index (χ4v) is 3.30. The highest BCUT2D eigenvalue weighted by Crippen LogP contribution is 2.13. The van der Waals surface area contributed by atoms with Gasteiger partial charge in [0.15, 0.2) is 0 Å². The summed E-state index contributed by atoms with van der Waals surface area (Å²) in [5.74, 6) is 0.673. The predicted molar refractivity (Wildman–Crippen MR) is 104 cm³/mol. The maximum atomic E-state index is 12.3. The molecule has 0 saturated carbocycles. The molecule has 2 saturated heterocycles. The van der Waals surface area contributed by atoms with Gasteiger partial charge in [-0.2, -0.15) is 5.26 Å². The first-order valence-corrected chi connectivity index (χ1v) is 9.49. The Kier molecular flexibility index (Phi) is 7.02. The van der Waals surface area contributed by atoms with Gasteiger partial charge in [-0.3, -0.25) is 9.69 Å². The van der Waals surface area contributed by atoms with Crippen molar-refractivity contribution in [2.45, 2.75) is 0 Å². The largest absolute Gasteiger partial charge is 0.373 e. The van der Waals surface area contributed by atoms with E-state index in [9.17, 15) is 10.1 Å². The van der Waals surface area contributed by atoms with Gasteiger partial charge in [-0.1, -0.05) is 6.07 Å². The number of hydrogen-bond acceptors (Lipinski definition) is 7. The van der Waals surface area contributed by atoms with Crippen LogP contribution in [0.4, 0.5) is 5.82 Å². The molecule has 3 heterocycles. The Hall–Kier alpha value is -2.63. The van der Waals surface area contributed by atoms with Crippen molar-refractivity contribution >= 4 is 11.7 Å². The fourth-order valence-electron chi connectivity index (χ4n) is 3.30. The average Bonchev–Trinajstić information content (AvgIpc) is 2.74. The second-order valence-corrected chi connectivity index (χ2v) is 6.71. The van der Waals surface area contributed by atoms with Crippen LogP contribution in [0.1, 0.15) is 0 Å². The summed E-state index contributed by atoms with van der Waals surface area (Å²) in [6.07, 6.45) is 3.48. The van der Waals surface area contributed by atoms with Gasteiger partial charge >= 0.3 is 0 Å². The van der Waals surface area contributed by atoms with Crippen molar-refractivity contribution < 1.29 is 4.79 Å². The minimum atomic E-state index is -0.292. The number of carbonyl (C=O) groups is 1. The Bertz CT molecular complexity index is 671. The molecule has 1 amide bonds. The first kappa shape index (κ1) is 19.1. The highest BCUT2D eigenvalue weighted by Gasteiger charge is 2.18. The molecule has 2 aliphatic rings. The van der Waals surface area contributed by atoms with Crippen molar-refractivity contribution in [1.29, 1.82) is 5.26 Å². The number of nitrogens with zero attached hydrogens (tertiary/aromatic N) is 5. The van der Waals surface area contributed by atoms with E-state index in [4.69, 9.17) is 0 Å². The summed E-state index contributed by atoms with van der Waals surface area (Å²) >= 11 is 0. The van der Waals surface area contributed by atoms with Gasteiger partial charge in [0.05, 0.1) is 0 Å². The highest BCUT2D eigenvalue weighted by molar-refractivity contribution is 5.97. The van der Waals surface area contributed by atoms with Crippen LogP contribution in [0.15, 0.2) is 36.2 Å². The molecular weight excluding hydrogens is 342 g/mol. The highest BCUT2D eigenvalue weighted by atomic mass is 16.1. The Morgan fingerprint density at radius 2 is 2.00 bits per heavy atom. The van der Waals surface area contributed by atoms with Gasteiger partial charge in [0.1, 0.15) is 17.5 Å². The first-order valence-electron chi connectivity index (χ1n) is 9.49. The SMILES string of the molecule is N#C/C(=C/N1CCN(c2ccccn2)CC1)C(=O)NCCN1CCNCC1. The summed E-state index contributed by atoms with van der Waals surface area (Å²) in [5.41, 5.74) is 0.168. The first-order chi connectivity index (χ1) is 13.3. The van der Waals surface area contributed by atoms with Crippen LogP contribution in [0.25, 0.3) is 0 Å². The van der Waals surface area contributed by atoms with E-state index in [0.29, 0.717) is 6.54 Å². The number of hydrogen-bond donors (Lipinski definition) is 2. The van der Waals surface area contributed by atoms with Crippen LogP contribution < -0.4 is 15.5 Å². The minimum Gasteiger partial charge on any atom is -0.373 e. The molecule has 1 aromatic heterocycles. The lowest BCUT2D eigenvalue weighted by Crippen LogP contribution is -2.46. The maximum Gasteiger partial charge on any atom is 0.263 e. The van der Waals surface area contributed by atoms with Crippen LogP contribution in [0.2, 0.25) is 0 Å². The van der Waals surface area contributed by atoms with E-state index < -0.39 is 0 Å². The van der Waals surface area contributed by atoms with E-state index in [-0.39, 0.29) is 11.5 Å². The molecule has 0 bridgehead atoms. The van der Waals surface area contributed by atoms with Crippen molar-refractivity contribution in [2.75, 3.05) is 70.3 Å². The van der Waals surface area contributed by atoms with Gasteiger partial charge in [-0.25, -0.2) is 4.98 Å². The van der Waals surface area contributed by atoms with Crippen LogP contribution in [0, 0.1) is 11.3 Å². The van der Waals surface area contributed by atoms with E-state index in [1.807, 2.05) is 29.2 Å². The van der Waals surface area contributed by atoms with Crippen molar-refractivity contribution in [1.82, 2.24) is 25.4 Å². The third-order valence-electron chi connectivity index (χ3n) is 4.89. The summed E-state index contributed by atoms with van der Waals surface area (Å²) < 4.78 is 0. The fraction of sp³-hybridized carbons (Fsp3) is 0.526. The Morgan fingerprint density at radius 1 is 1.22 bits per heavy atom. The molecule has 0 atom stereocenters. The smallest absolute Gasteiger partial charge is 0.263 e. The van der Waals surface area contributed by atoms with Crippen LogP contribution in [0.5, 0.6) is 0 Å². The van der Waals surface area contributed by atoms with Crippen molar-refractivity contribution in [3.63, 3.8) is 0 Å². The third kappa shape index (κ3) is 5.67. The van der Waals surface area contributed by atoms with E-state index in [1.54, 1.807) is 12.4 Å². The van der Waals surface area contributed by atoms with Crippen LogP contribution in [0.3, 0.4) is 0 Å². The quantitative estimate of drug-likeness (QED) is 0.523. The summed E-state index contributed by atoms with van der Waals surface area (Å²) in [4.78, 5) is 23.2. The lowest BCUT2D eigenvalue weighted by molar-refractivity contribution is -0.117. The van der Waals surface area contributed by atoms with Gasteiger partial charge in [-0.05, 0) is 12.1 Å². The topological polar surface area (TPSA) is 87.5 Å². The number of nitriles is 1. The molecule has 0 spiro atoms. The lowest BCUT2D eigenvalue weighted by atomic mass is 10.2. The number of nitrogens with one attached hydrogen (secondary N) is 2. The van der Waals surface area contributed by atoms with E-state index in [1.165, 1.54) is 0 Å². The minimum absolute atomic E-state index is 0.168. The molecule has 0 aromatic carbocycles. The number of anilines is 1. The molecule has 8 heteroatoms. The molecule has 0 unspecified atom stereocenters. The number of piperazine rings is 2. The lowest BCUT2D eigenvalue weighted by Gasteiger charge is -2.34. The second kappa shape index (κ2) is 9.90. The molecule has 2 aliphatic heterocycles. The molecule has 2 fully saturated rings. The third-order valence-corrected chi connectivity index (χ3v) is 4.89. The summed E-state index contributed by atoms with van der Waals surface area (Å²) in [7, 11) is 0. The molecule has 3 rings (SSSR count). The summed E-state index contributed by atoms with van der Waals surface area (Å²) in [6, 6.07) is 7.92. The second-order valence-electron chi connectivity index (χ2n) is 6.71. The van der Waals surface area contributed by atoms with Gasteiger partial charge in [0.2, 0.25) is 0 Å². The molecular formula is C19H27N7O. The van der Waals surface area contributed by atoms with Crippen molar-refractivity contribution in [3.05, 3.63) is 36.2 Å². The molecule has 2 N–H and O–H groups in total. The zero-order valence-corrected chi connectivity index (χ0v) is 15.6. The number of aromatic nitrogens is 1. The van der Waals surface area contributed by atoms with Gasteiger partial charge < -0.3 is 20.4 Å². The molecule has 1 aromatic rings. The Balaban J connectivity index is 1.45. The van der Waals surface area contributed by atoms with Gasteiger partial charge in [0.25, 0.3) is 5.91 Å². The van der Waals surface area contributed by atoms with Crippen molar-refractivity contribution in [3.8, 4) is 6.07 Å². The number of carbonyl (C=O) groups excluding carboxylic acids is 1. The van der Waals surface area contributed by atoms with Crippen LogP contribution in [-0.4, -0.2) is 86.1 Å². The molecule has 144 valence electrons. The predicted octanol–water partition coefficient (Wildman–Crippen LogP) is -0.368. The average molecular weight is 369 g/mol. The van der Waals surface area contributed by atoms with Crippen LogP contribution in [-0.2, 0) is 4.79 Å². The van der Waals surface area contributed by atoms with Crippen molar-refractivity contribution in [2.24, 2.45) is 0 Å². The van der Waals surface area contributed by atoms with E-state index in [2.05, 4.69) is 25.4 Å². The van der Waals surface area contributed by atoms with E-state index in [0.717, 1.165) is 64.7 Å². The molecule has 27 heavy (non-hydrogen) atoms. The molecule has 0 aliphatic carbocycles. The number of amides is 1. The normalized spacial score (nSPS) is 18.9. The summed E-state index contributed by atoms with van der Waals surface area (Å²) in [5, 5.41) is 15.5. The van der Waals surface area contributed by atoms with Gasteiger partial charge in [0, 0.05) is 77.8 Å².